The molecule has 1 aromatic heterocycles. The molecule has 0 aromatic carbocycles. The van der Waals surface area contributed by atoms with Gasteiger partial charge in [-0.2, -0.15) is 5.10 Å². The van der Waals surface area contributed by atoms with Crippen LogP contribution in [0.4, 0.5) is 0 Å². The number of nitrogens with zero attached hydrogens (tertiary/aromatic N) is 1. The topological polar surface area (TPSA) is 83.8 Å². The van der Waals surface area contributed by atoms with Crippen molar-refractivity contribution in [2.24, 2.45) is 5.73 Å². The van der Waals surface area contributed by atoms with Crippen LogP contribution in [0.1, 0.15) is 31.7 Å². The van der Waals surface area contributed by atoms with E-state index in [9.17, 15) is 4.79 Å². The molecule has 4 N–H and O–H groups in total. The van der Waals surface area contributed by atoms with Gasteiger partial charge in [-0.05, 0) is 6.42 Å². The van der Waals surface area contributed by atoms with Crippen molar-refractivity contribution in [2.45, 2.75) is 38.8 Å². The largest absolute Gasteiger partial charge is 0.352 e. The lowest BCUT2D eigenvalue weighted by atomic mass is 10.1. The van der Waals surface area contributed by atoms with Gasteiger partial charge in [0.15, 0.2) is 0 Å². The molecule has 0 saturated heterocycles. The summed E-state index contributed by atoms with van der Waals surface area (Å²) in [5.74, 6) is -0.00264. The smallest absolute Gasteiger partial charge is 0.221 e. The molecule has 0 aliphatic carbocycles. The summed E-state index contributed by atoms with van der Waals surface area (Å²) in [4.78, 5) is 11.4. The van der Waals surface area contributed by atoms with Crippen molar-refractivity contribution < 1.29 is 4.79 Å². The monoisotopic (exact) mass is 210 g/mol. The van der Waals surface area contributed by atoms with Gasteiger partial charge in [0.05, 0.1) is 6.20 Å². The minimum absolute atomic E-state index is 0.00264. The molecular weight excluding hydrogens is 192 g/mol. The molecule has 1 rings (SSSR count). The highest BCUT2D eigenvalue weighted by atomic mass is 16.1. The number of carbonyl (C=O) groups excluding carboxylic acids is 1. The molecule has 1 heterocycles. The lowest BCUT2D eigenvalue weighted by molar-refractivity contribution is -0.121. The molecule has 0 aliphatic heterocycles. The fourth-order valence-electron chi connectivity index (χ4n) is 1.36. The minimum Gasteiger partial charge on any atom is -0.352 e. The summed E-state index contributed by atoms with van der Waals surface area (Å²) in [6.45, 7) is 2.57. The van der Waals surface area contributed by atoms with E-state index in [0.717, 1.165) is 18.4 Å². The standard InChI is InChI=1S/C10H18N4O/c1-2-3-9(11)4-10(15)12-5-8-6-13-14-7-8/h6-7,9H,2-5,11H2,1H3,(H,12,15)(H,13,14). The highest BCUT2D eigenvalue weighted by Gasteiger charge is 2.08. The van der Waals surface area contributed by atoms with Gasteiger partial charge < -0.3 is 11.1 Å². The number of nitrogens with two attached hydrogens (primary N) is 1. The Morgan fingerprint density at radius 1 is 1.73 bits per heavy atom. The van der Waals surface area contributed by atoms with Crippen molar-refractivity contribution in [3.63, 3.8) is 0 Å². The molecule has 5 heteroatoms. The molecule has 84 valence electrons. The zero-order valence-electron chi connectivity index (χ0n) is 8.99. The first kappa shape index (κ1) is 11.7. The lowest BCUT2D eigenvalue weighted by Crippen LogP contribution is -2.31. The van der Waals surface area contributed by atoms with Crippen LogP contribution in [-0.2, 0) is 11.3 Å². The van der Waals surface area contributed by atoms with Crippen LogP contribution in [0.3, 0.4) is 0 Å². The average molecular weight is 210 g/mol. The molecule has 1 amide bonds. The number of carbonyl (C=O) groups is 1. The first-order chi connectivity index (χ1) is 7.22. The van der Waals surface area contributed by atoms with Crippen molar-refractivity contribution >= 4 is 5.91 Å². The van der Waals surface area contributed by atoms with Crippen LogP contribution in [0.25, 0.3) is 0 Å². The van der Waals surface area contributed by atoms with E-state index in [2.05, 4.69) is 22.4 Å². The molecule has 1 unspecified atom stereocenters. The third-order valence-electron chi connectivity index (χ3n) is 2.15. The number of rotatable bonds is 6. The molecule has 0 bridgehead atoms. The fourth-order valence-corrected chi connectivity index (χ4v) is 1.36. The summed E-state index contributed by atoms with van der Waals surface area (Å²) in [6, 6.07) is -0.0284. The van der Waals surface area contributed by atoms with E-state index in [0.29, 0.717) is 13.0 Å². The first-order valence-electron chi connectivity index (χ1n) is 5.22. The number of amides is 1. The van der Waals surface area contributed by atoms with Gasteiger partial charge >= 0.3 is 0 Å². The van der Waals surface area contributed by atoms with Crippen molar-refractivity contribution in [3.8, 4) is 0 Å². The van der Waals surface area contributed by atoms with Crippen LogP contribution >= 0.6 is 0 Å². The molecule has 1 aromatic rings. The van der Waals surface area contributed by atoms with Gasteiger partial charge in [0.2, 0.25) is 5.91 Å². The second kappa shape index (κ2) is 6.19. The molecule has 5 nitrogen and oxygen atoms in total. The van der Waals surface area contributed by atoms with Crippen molar-refractivity contribution in [1.29, 1.82) is 0 Å². The normalized spacial score (nSPS) is 12.4. The van der Waals surface area contributed by atoms with E-state index in [1.807, 2.05) is 0 Å². The van der Waals surface area contributed by atoms with Gasteiger partial charge in [-0.15, -0.1) is 0 Å². The third kappa shape index (κ3) is 4.60. The Labute approximate surface area is 89.4 Å². The van der Waals surface area contributed by atoms with E-state index < -0.39 is 0 Å². The highest BCUT2D eigenvalue weighted by Crippen LogP contribution is 1.99. The molecular formula is C10H18N4O. The summed E-state index contributed by atoms with van der Waals surface area (Å²) in [7, 11) is 0. The molecule has 0 aliphatic rings. The zero-order valence-corrected chi connectivity index (χ0v) is 8.99. The van der Waals surface area contributed by atoms with Crippen molar-refractivity contribution in [2.75, 3.05) is 0 Å². The van der Waals surface area contributed by atoms with E-state index in [4.69, 9.17) is 5.73 Å². The number of H-pyrrole nitrogens is 1. The van der Waals surface area contributed by atoms with Gasteiger partial charge in [-0.3, -0.25) is 9.89 Å². The van der Waals surface area contributed by atoms with Crippen LogP contribution in [0, 0.1) is 0 Å². The van der Waals surface area contributed by atoms with Crippen LogP contribution in [-0.4, -0.2) is 22.1 Å². The quantitative estimate of drug-likeness (QED) is 0.641. The molecule has 0 fully saturated rings. The van der Waals surface area contributed by atoms with Gasteiger partial charge in [0.25, 0.3) is 0 Å². The maximum atomic E-state index is 11.4. The minimum atomic E-state index is -0.0284. The van der Waals surface area contributed by atoms with Crippen molar-refractivity contribution in [1.82, 2.24) is 15.5 Å². The van der Waals surface area contributed by atoms with E-state index in [1.165, 1.54) is 0 Å². The first-order valence-corrected chi connectivity index (χ1v) is 5.22. The maximum Gasteiger partial charge on any atom is 0.221 e. The molecule has 1 atom stereocenters. The number of aromatic nitrogens is 2. The number of hydrogen-bond acceptors (Lipinski definition) is 3. The predicted octanol–water partition coefficient (Wildman–Crippen LogP) is 0.543. The second-order valence-electron chi connectivity index (χ2n) is 3.64. The van der Waals surface area contributed by atoms with Crippen LogP contribution in [0.5, 0.6) is 0 Å². The number of aromatic amines is 1. The zero-order chi connectivity index (χ0) is 11.1. The SMILES string of the molecule is CCCC(N)CC(=O)NCc1cn[nH]c1. The summed E-state index contributed by atoms with van der Waals surface area (Å²) < 4.78 is 0. The Hall–Kier alpha value is -1.36. The highest BCUT2D eigenvalue weighted by molar-refractivity contribution is 5.76. The average Bonchev–Trinajstić information content (AvgIpc) is 2.67. The van der Waals surface area contributed by atoms with Gasteiger partial charge in [-0.1, -0.05) is 13.3 Å². The Morgan fingerprint density at radius 2 is 2.53 bits per heavy atom. The van der Waals surface area contributed by atoms with E-state index in [1.54, 1.807) is 12.4 Å². The van der Waals surface area contributed by atoms with Crippen LogP contribution in [0.15, 0.2) is 12.4 Å². The van der Waals surface area contributed by atoms with Gasteiger partial charge in [0, 0.05) is 30.8 Å². The summed E-state index contributed by atoms with van der Waals surface area (Å²) >= 11 is 0. The molecule has 0 spiro atoms. The Morgan fingerprint density at radius 3 is 3.13 bits per heavy atom. The van der Waals surface area contributed by atoms with Gasteiger partial charge in [0.1, 0.15) is 0 Å². The summed E-state index contributed by atoms with van der Waals surface area (Å²) in [6.07, 6.45) is 5.74. The van der Waals surface area contributed by atoms with E-state index >= 15 is 0 Å². The number of hydrogen-bond donors (Lipinski definition) is 3. The van der Waals surface area contributed by atoms with Gasteiger partial charge in [-0.25, -0.2) is 0 Å². The van der Waals surface area contributed by atoms with Crippen LogP contribution < -0.4 is 11.1 Å². The van der Waals surface area contributed by atoms with Crippen LogP contribution in [0.2, 0.25) is 0 Å². The Balaban J connectivity index is 2.19. The maximum absolute atomic E-state index is 11.4. The fraction of sp³-hybridized carbons (Fsp3) is 0.600. The van der Waals surface area contributed by atoms with E-state index in [-0.39, 0.29) is 11.9 Å². The third-order valence-corrected chi connectivity index (χ3v) is 2.15. The van der Waals surface area contributed by atoms with Crippen molar-refractivity contribution in [3.05, 3.63) is 18.0 Å². The second-order valence-corrected chi connectivity index (χ2v) is 3.64. The Bertz CT molecular complexity index is 284. The Kier molecular flexibility index (Phi) is 4.83. The summed E-state index contributed by atoms with van der Waals surface area (Å²) in [5.41, 5.74) is 6.72. The lowest BCUT2D eigenvalue weighted by Gasteiger charge is -2.09. The predicted molar refractivity (Wildman–Crippen MR) is 57.9 cm³/mol. The molecule has 0 saturated carbocycles. The number of nitrogens with one attached hydrogen (secondary N) is 2. The molecule has 0 radical (unpaired) electrons. The summed E-state index contributed by atoms with van der Waals surface area (Å²) in [5, 5.41) is 9.27. The molecule has 15 heavy (non-hydrogen) atoms.